The molecule has 3 heteroatoms. The van der Waals surface area contributed by atoms with E-state index in [0.29, 0.717) is 19.4 Å². The highest BCUT2D eigenvalue weighted by Crippen LogP contribution is 2.15. The first-order chi connectivity index (χ1) is 11.7. The molecule has 0 aliphatic heterocycles. The van der Waals surface area contributed by atoms with Crippen LogP contribution in [0.4, 0.5) is 0 Å². The summed E-state index contributed by atoms with van der Waals surface area (Å²) in [6.07, 6.45) is 5.57. The summed E-state index contributed by atoms with van der Waals surface area (Å²) >= 11 is 0. The van der Waals surface area contributed by atoms with Crippen LogP contribution in [-0.4, -0.2) is 29.0 Å². The van der Waals surface area contributed by atoms with E-state index in [1.54, 1.807) is 12.1 Å². The number of aromatic hydroxyl groups is 1. The van der Waals surface area contributed by atoms with Crippen LogP contribution in [0.5, 0.6) is 5.75 Å². The molecule has 2 aromatic rings. The first-order valence-electron chi connectivity index (χ1n) is 8.48. The third-order valence-corrected chi connectivity index (χ3v) is 3.89. The Hall–Kier alpha value is -2.10. The molecule has 0 saturated carbocycles. The molecule has 0 unspecified atom stereocenters. The molecule has 2 aromatic carbocycles. The Morgan fingerprint density at radius 1 is 1.04 bits per heavy atom. The largest absolute Gasteiger partial charge is 0.508 e. The molecule has 0 saturated heterocycles. The van der Waals surface area contributed by atoms with E-state index < -0.39 is 6.10 Å². The number of benzene rings is 2. The van der Waals surface area contributed by atoms with E-state index in [1.807, 2.05) is 61.5 Å². The van der Waals surface area contributed by atoms with E-state index in [-0.39, 0.29) is 11.9 Å². The molecule has 0 amide bonds. The summed E-state index contributed by atoms with van der Waals surface area (Å²) in [7, 11) is 0. The van der Waals surface area contributed by atoms with Crippen molar-refractivity contribution in [2.75, 3.05) is 6.61 Å². The van der Waals surface area contributed by atoms with Crippen LogP contribution in [0.25, 0.3) is 6.08 Å². The van der Waals surface area contributed by atoms with Gasteiger partial charge >= 0.3 is 0 Å². The highest BCUT2D eigenvalue weighted by atomic mass is 16.5. The predicted octanol–water partition coefficient (Wildman–Crippen LogP) is 4.19. The zero-order chi connectivity index (χ0) is 17.2. The van der Waals surface area contributed by atoms with Crippen LogP contribution < -0.4 is 0 Å². The lowest BCUT2D eigenvalue weighted by molar-refractivity contribution is 0.0449. The minimum Gasteiger partial charge on any atom is -0.508 e. The molecule has 0 heterocycles. The minimum absolute atomic E-state index is 0.0926. The Morgan fingerprint density at radius 2 is 1.75 bits per heavy atom. The second-order valence-corrected chi connectivity index (χ2v) is 5.86. The number of hydrogen-bond acceptors (Lipinski definition) is 3. The molecule has 2 rings (SSSR count). The van der Waals surface area contributed by atoms with Gasteiger partial charge < -0.3 is 14.9 Å². The smallest absolute Gasteiger partial charge is 0.115 e. The third-order valence-electron chi connectivity index (χ3n) is 3.89. The first kappa shape index (κ1) is 18.2. The average molecular weight is 326 g/mol. The summed E-state index contributed by atoms with van der Waals surface area (Å²) in [5, 5.41) is 19.6. The predicted molar refractivity (Wildman–Crippen MR) is 97.9 cm³/mol. The van der Waals surface area contributed by atoms with Crippen molar-refractivity contribution < 1.29 is 14.9 Å². The monoisotopic (exact) mass is 326 g/mol. The molecule has 3 nitrogen and oxygen atoms in total. The highest BCUT2D eigenvalue weighted by Gasteiger charge is 2.12. The average Bonchev–Trinajstić information content (AvgIpc) is 2.60. The molecule has 0 aliphatic rings. The zero-order valence-corrected chi connectivity index (χ0v) is 14.1. The van der Waals surface area contributed by atoms with Gasteiger partial charge in [0.1, 0.15) is 5.75 Å². The lowest BCUT2D eigenvalue weighted by Crippen LogP contribution is -2.19. The van der Waals surface area contributed by atoms with Crippen molar-refractivity contribution in [3.8, 4) is 5.75 Å². The van der Waals surface area contributed by atoms with E-state index in [1.165, 1.54) is 0 Å². The summed E-state index contributed by atoms with van der Waals surface area (Å²) < 4.78 is 5.72. The minimum atomic E-state index is -0.421. The molecule has 0 fully saturated rings. The highest BCUT2D eigenvalue weighted by molar-refractivity contribution is 5.49. The van der Waals surface area contributed by atoms with Crippen LogP contribution in [0.3, 0.4) is 0 Å². The van der Waals surface area contributed by atoms with Gasteiger partial charge in [0.05, 0.1) is 12.2 Å². The molecule has 2 N–H and O–H groups in total. The summed E-state index contributed by atoms with van der Waals surface area (Å²) in [6, 6.07) is 17.2. The molecule has 0 aliphatic carbocycles. The normalized spacial score (nSPS) is 13.9. The van der Waals surface area contributed by atoms with E-state index in [4.69, 9.17) is 4.74 Å². The second kappa shape index (κ2) is 9.91. The van der Waals surface area contributed by atoms with Crippen molar-refractivity contribution >= 4 is 6.08 Å². The Labute approximate surface area is 144 Å². The van der Waals surface area contributed by atoms with Gasteiger partial charge in [0.2, 0.25) is 0 Å². The molecule has 0 aromatic heterocycles. The number of ether oxygens (including phenoxy) is 1. The van der Waals surface area contributed by atoms with Crippen LogP contribution >= 0.6 is 0 Å². The van der Waals surface area contributed by atoms with Gasteiger partial charge in [0.25, 0.3) is 0 Å². The van der Waals surface area contributed by atoms with Gasteiger partial charge in [0.15, 0.2) is 0 Å². The molecule has 24 heavy (non-hydrogen) atoms. The molecule has 0 bridgehead atoms. The lowest BCUT2D eigenvalue weighted by atomic mass is 10.0. The van der Waals surface area contributed by atoms with Crippen LogP contribution in [0.15, 0.2) is 60.7 Å². The maximum atomic E-state index is 10.3. The van der Waals surface area contributed by atoms with Gasteiger partial charge in [-0.15, -0.1) is 0 Å². The van der Waals surface area contributed by atoms with Crippen molar-refractivity contribution in [2.45, 2.75) is 38.4 Å². The van der Waals surface area contributed by atoms with Crippen molar-refractivity contribution in [1.82, 2.24) is 0 Å². The number of hydrogen-bond donors (Lipinski definition) is 2. The fourth-order valence-electron chi connectivity index (χ4n) is 2.58. The van der Waals surface area contributed by atoms with Crippen LogP contribution in [0, 0.1) is 0 Å². The number of aliphatic hydroxyl groups is 1. The van der Waals surface area contributed by atoms with E-state index in [2.05, 4.69) is 0 Å². The summed E-state index contributed by atoms with van der Waals surface area (Å²) in [6.45, 7) is 2.58. The van der Waals surface area contributed by atoms with Gasteiger partial charge in [0, 0.05) is 13.0 Å². The van der Waals surface area contributed by atoms with Crippen molar-refractivity contribution in [3.05, 3.63) is 71.8 Å². The fraction of sp³-hybridized carbons (Fsp3) is 0.333. The van der Waals surface area contributed by atoms with Crippen LogP contribution in [-0.2, 0) is 11.2 Å². The Morgan fingerprint density at radius 3 is 2.42 bits per heavy atom. The standard InChI is InChI=1S/C21H26O3/c1-2-24-21(15-11-17-6-4-3-5-7-17)16-20(23)14-10-18-8-12-19(22)13-9-18/h3-9,11-13,15,20-23H,2,10,14,16H2,1H3/b15-11+/t20-,21+/m0/s1. The molecule has 128 valence electrons. The molecular weight excluding hydrogens is 300 g/mol. The third kappa shape index (κ3) is 6.57. The molecule has 0 spiro atoms. The molecule has 2 atom stereocenters. The zero-order valence-electron chi connectivity index (χ0n) is 14.1. The van der Waals surface area contributed by atoms with Crippen molar-refractivity contribution in [2.24, 2.45) is 0 Å². The summed E-state index contributed by atoms with van der Waals surface area (Å²) in [4.78, 5) is 0. The van der Waals surface area contributed by atoms with Gasteiger partial charge in [-0.3, -0.25) is 0 Å². The molecular formula is C21H26O3. The summed E-state index contributed by atoms with van der Waals surface area (Å²) in [5.41, 5.74) is 2.24. The Bertz CT molecular complexity index is 605. The van der Waals surface area contributed by atoms with Gasteiger partial charge in [-0.1, -0.05) is 54.6 Å². The number of aliphatic hydroxyl groups excluding tert-OH is 1. The van der Waals surface area contributed by atoms with E-state index >= 15 is 0 Å². The SMILES string of the molecule is CCO[C@H](/C=C/c1ccccc1)C[C@@H](O)CCc1ccc(O)cc1. The number of phenols is 1. The number of phenolic OH excluding ortho intramolecular Hbond substituents is 1. The second-order valence-electron chi connectivity index (χ2n) is 5.86. The Kier molecular flexibility index (Phi) is 7.53. The van der Waals surface area contributed by atoms with Gasteiger partial charge in [-0.2, -0.15) is 0 Å². The van der Waals surface area contributed by atoms with Gasteiger partial charge in [-0.05, 0) is 43.0 Å². The van der Waals surface area contributed by atoms with Gasteiger partial charge in [-0.25, -0.2) is 0 Å². The van der Waals surface area contributed by atoms with E-state index in [9.17, 15) is 10.2 Å². The fourth-order valence-corrected chi connectivity index (χ4v) is 2.58. The summed E-state index contributed by atoms with van der Waals surface area (Å²) in [5.74, 6) is 0.266. The van der Waals surface area contributed by atoms with E-state index in [0.717, 1.165) is 17.5 Å². The van der Waals surface area contributed by atoms with Crippen LogP contribution in [0.2, 0.25) is 0 Å². The quantitative estimate of drug-likeness (QED) is 0.726. The van der Waals surface area contributed by atoms with Crippen molar-refractivity contribution in [1.29, 1.82) is 0 Å². The lowest BCUT2D eigenvalue weighted by Gasteiger charge is -2.17. The Balaban J connectivity index is 1.84. The molecule has 0 radical (unpaired) electrons. The van der Waals surface area contributed by atoms with Crippen molar-refractivity contribution in [3.63, 3.8) is 0 Å². The van der Waals surface area contributed by atoms with Crippen LogP contribution in [0.1, 0.15) is 30.9 Å². The first-order valence-corrected chi connectivity index (χ1v) is 8.48. The maximum absolute atomic E-state index is 10.3. The maximum Gasteiger partial charge on any atom is 0.115 e. The number of rotatable bonds is 9. The number of aryl methyl sites for hydroxylation is 1. The topological polar surface area (TPSA) is 49.7 Å².